The van der Waals surface area contributed by atoms with Gasteiger partial charge in [0.25, 0.3) is 0 Å². The average molecular weight is 282 g/mol. The second-order valence-corrected chi connectivity index (χ2v) is 4.77. The number of esters is 1. The maximum Gasteiger partial charge on any atom is 0.329 e. The van der Waals surface area contributed by atoms with Gasteiger partial charge < -0.3 is 19.8 Å². The maximum atomic E-state index is 11.6. The first-order valence-corrected chi connectivity index (χ1v) is 6.50. The summed E-state index contributed by atoms with van der Waals surface area (Å²) in [6, 6.07) is 1.26. The lowest BCUT2D eigenvalue weighted by Crippen LogP contribution is -2.47. The number of carbonyl (C=O) groups is 2. The normalized spacial score (nSPS) is 13.7. The van der Waals surface area contributed by atoms with Crippen molar-refractivity contribution in [3.8, 4) is 0 Å². The number of carbonyl (C=O) groups excluding carboxylic acids is 2. The zero-order valence-corrected chi connectivity index (χ0v) is 12.6. The fourth-order valence-corrected chi connectivity index (χ4v) is 2.07. The van der Waals surface area contributed by atoms with Crippen LogP contribution in [0.1, 0.15) is 37.0 Å². The van der Waals surface area contributed by atoms with Crippen molar-refractivity contribution in [1.29, 1.82) is 0 Å². The summed E-state index contributed by atoms with van der Waals surface area (Å²) in [7, 11) is 1.30. The Morgan fingerprint density at radius 1 is 1.40 bits per heavy atom. The fourth-order valence-electron chi connectivity index (χ4n) is 2.07. The number of methoxy groups -OCH3 is 1. The van der Waals surface area contributed by atoms with Gasteiger partial charge in [0.05, 0.1) is 7.11 Å². The molecule has 0 spiro atoms. The van der Waals surface area contributed by atoms with E-state index in [1.165, 1.54) is 14.0 Å². The molecule has 0 bridgehead atoms. The van der Waals surface area contributed by atoms with Crippen molar-refractivity contribution < 1.29 is 18.7 Å². The predicted molar refractivity (Wildman–Crippen MR) is 74.2 cm³/mol. The number of hydrogen-bond acceptors (Lipinski definition) is 5. The minimum atomic E-state index is -0.701. The Kier molecular flexibility index (Phi) is 5.76. The van der Waals surface area contributed by atoms with E-state index in [2.05, 4.69) is 15.4 Å². The van der Waals surface area contributed by atoms with Crippen molar-refractivity contribution in [1.82, 2.24) is 10.6 Å². The molecule has 0 aliphatic heterocycles. The number of furan rings is 1. The monoisotopic (exact) mass is 282 g/mol. The number of nitrogens with one attached hydrogen (secondary N) is 2. The number of ether oxygens (including phenoxy) is 1. The van der Waals surface area contributed by atoms with Crippen molar-refractivity contribution in [3.05, 3.63) is 23.2 Å². The van der Waals surface area contributed by atoms with E-state index in [1.54, 1.807) is 0 Å². The second-order valence-electron chi connectivity index (χ2n) is 4.77. The molecule has 1 heterocycles. The fraction of sp³-hybridized carbons (Fsp3) is 0.571. The Bertz CT molecular complexity index is 482. The van der Waals surface area contributed by atoms with Crippen molar-refractivity contribution in [2.75, 3.05) is 13.7 Å². The van der Waals surface area contributed by atoms with Crippen LogP contribution in [-0.4, -0.2) is 31.6 Å². The summed E-state index contributed by atoms with van der Waals surface area (Å²) in [6.45, 7) is 7.41. The van der Waals surface area contributed by atoms with Gasteiger partial charge in [0.2, 0.25) is 5.91 Å². The van der Waals surface area contributed by atoms with E-state index in [0.29, 0.717) is 0 Å². The lowest BCUT2D eigenvalue weighted by Gasteiger charge is -2.19. The van der Waals surface area contributed by atoms with Crippen LogP contribution >= 0.6 is 0 Å². The van der Waals surface area contributed by atoms with Gasteiger partial charge in [-0.2, -0.15) is 0 Å². The Hall–Kier alpha value is -1.82. The first-order valence-electron chi connectivity index (χ1n) is 6.50. The molecule has 1 aromatic heterocycles. The van der Waals surface area contributed by atoms with E-state index >= 15 is 0 Å². The molecule has 0 aliphatic carbocycles. The van der Waals surface area contributed by atoms with Crippen molar-refractivity contribution in [2.45, 2.75) is 39.8 Å². The summed E-state index contributed by atoms with van der Waals surface area (Å²) in [4.78, 5) is 22.7. The topological polar surface area (TPSA) is 80.6 Å². The molecule has 2 unspecified atom stereocenters. The van der Waals surface area contributed by atoms with Gasteiger partial charge in [-0.15, -0.1) is 0 Å². The van der Waals surface area contributed by atoms with E-state index in [0.717, 1.165) is 17.1 Å². The van der Waals surface area contributed by atoms with Gasteiger partial charge in [-0.25, -0.2) is 4.79 Å². The highest BCUT2D eigenvalue weighted by Gasteiger charge is 2.21. The van der Waals surface area contributed by atoms with Gasteiger partial charge in [0, 0.05) is 25.1 Å². The number of amides is 1. The third-order valence-electron chi connectivity index (χ3n) is 3.04. The van der Waals surface area contributed by atoms with E-state index < -0.39 is 12.0 Å². The number of hydrogen-bond donors (Lipinski definition) is 2. The van der Waals surface area contributed by atoms with Gasteiger partial charge in [-0.3, -0.25) is 4.79 Å². The SMILES string of the molecule is COC(=O)C(CNC(C)c1cc(C)oc1C)NC(C)=O. The van der Waals surface area contributed by atoms with Gasteiger partial charge in [0.1, 0.15) is 17.6 Å². The zero-order valence-electron chi connectivity index (χ0n) is 12.6. The van der Waals surface area contributed by atoms with E-state index in [-0.39, 0.29) is 18.5 Å². The standard InChI is InChI=1S/C14H22N2O4/c1-8-6-12(10(3)20-8)9(2)15-7-13(14(18)19-5)16-11(4)17/h6,9,13,15H,7H2,1-5H3,(H,16,17). The van der Waals surface area contributed by atoms with Crippen molar-refractivity contribution in [3.63, 3.8) is 0 Å². The minimum Gasteiger partial charge on any atom is -0.467 e. The minimum absolute atomic E-state index is 0.00774. The molecule has 6 heteroatoms. The van der Waals surface area contributed by atoms with Crippen LogP contribution in [0.2, 0.25) is 0 Å². The molecule has 0 aliphatic rings. The molecule has 1 aromatic rings. The Morgan fingerprint density at radius 3 is 2.50 bits per heavy atom. The number of rotatable bonds is 6. The molecule has 1 amide bonds. The highest BCUT2D eigenvalue weighted by molar-refractivity contribution is 5.83. The van der Waals surface area contributed by atoms with Crippen molar-refractivity contribution in [2.24, 2.45) is 0 Å². The maximum absolute atomic E-state index is 11.6. The molecule has 20 heavy (non-hydrogen) atoms. The predicted octanol–water partition coefficient (Wildman–Crippen LogP) is 1.22. The molecule has 0 saturated carbocycles. The van der Waals surface area contributed by atoms with Gasteiger partial charge in [-0.1, -0.05) is 0 Å². The third-order valence-corrected chi connectivity index (χ3v) is 3.04. The summed E-state index contributed by atoms with van der Waals surface area (Å²) in [5, 5.41) is 5.76. The highest BCUT2D eigenvalue weighted by atomic mass is 16.5. The Labute approximate surface area is 118 Å². The molecule has 2 atom stereocenters. The summed E-state index contributed by atoms with van der Waals surface area (Å²) < 4.78 is 10.1. The second kappa shape index (κ2) is 7.09. The van der Waals surface area contributed by atoms with Gasteiger partial charge in [-0.05, 0) is 26.8 Å². The average Bonchev–Trinajstić information content (AvgIpc) is 2.71. The molecule has 0 fully saturated rings. The van der Waals surface area contributed by atoms with Gasteiger partial charge >= 0.3 is 5.97 Å². The van der Waals surface area contributed by atoms with Crippen LogP contribution in [0.15, 0.2) is 10.5 Å². The van der Waals surface area contributed by atoms with Crippen LogP contribution in [0, 0.1) is 13.8 Å². The molecular formula is C14H22N2O4. The smallest absolute Gasteiger partial charge is 0.329 e. The molecular weight excluding hydrogens is 260 g/mol. The first-order chi connectivity index (χ1) is 9.35. The molecule has 0 saturated heterocycles. The van der Waals surface area contributed by atoms with Crippen LogP contribution < -0.4 is 10.6 Å². The molecule has 0 radical (unpaired) electrons. The molecule has 112 valence electrons. The highest BCUT2D eigenvalue weighted by Crippen LogP contribution is 2.20. The first kappa shape index (κ1) is 16.2. The van der Waals surface area contributed by atoms with E-state index in [1.807, 2.05) is 26.8 Å². The zero-order chi connectivity index (χ0) is 15.3. The Balaban J connectivity index is 2.64. The van der Waals surface area contributed by atoms with Crippen molar-refractivity contribution >= 4 is 11.9 Å². The third kappa shape index (κ3) is 4.38. The van der Waals surface area contributed by atoms with Crippen LogP contribution in [0.25, 0.3) is 0 Å². The quantitative estimate of drug-likeness (QED) is 0.767. The van der Waals surface area contributed by atoms with Crippen LogP contribution in [0.3, 0.4) is 0 Å². The molecule has 2 N–H and O–H groups in total. The lowest BCUT2D eigenvalue weighted by atomic mass is 10.1. The lowest BCUT2D eigenvalue weighted by molar-refractivity contribution is -0.144. The Morgan fingerprint density at radius 2 is 2.05 bits per heavy atom. The summed E-state index contributed by atoms with van der Waals surface area (Å²) in [6.07, 6.45) is 0. The van der Waals surface area contributed by atoms with E-state index in [9.17, 15) is 9.59 Å². The number of aryl methyl sites for hydroxylation is 2. The van der Waals surface area contributed by atoms with E-state index in [4.69, 9.17) is 4.42 Å². The van der Waals surface area contributed by atoms with Crippen LogP contribution in [0.4, 0.5) is 0 Å². The largest absolute Gasteiger partial charge is 0.467 e. The van der Waals surface area contributed by atoms with Crippen LogP contribution in [-0.2, 0) is 14.3 Å². The summed E-state index contributed by atoms with van der Waals surface area (Å²) in [5.41, 5.74) is 1.04. The molecule has 6 nitrogen and oxygen atoms in total. The van der Waals surface area contributed by atoms with Crippen LogP contribution in [0.5, 0.6) is 0 Å². The molecule has 1 rings (SSSR count). The summed E-state index contributed by atoms with van der Waals surface area (Å²) >= 11 is 0. The summed E-state index contributed by atoms with van der Waals surface area (Å²) in [5.74, 6) is 0.944. The van der Waals surface area contributed by atoms with Gasteiger partial charge in [0.15, 0.2) is 0 Å². The molecule has 0 aromatic carbocycles.